The number of nitrogens with zero attached hydrogens (tertiary/aromatic N) is 2. The van der Waals surface area contributed by atoms with Crippen molar-refractivity contribution < 1.29 is 0 Å². The molecule has 3 nitrogen and oxygen atoms in total. The minimum absolute atomic E-state index is 0.139. The summed E-state index contributed by atoms with van der Waals surface area (Å²) in [4.78, 5) is 4.30. The molecule has 16 heavy (non-hydrogen) atoms. The van der Waals surface area contributed by atoms with E-state index in [0.717, 1.165) is 12.8 Å². The van der Waals surface area contributed by atoms with E-state index in [4.69, 9.17) is 5.26 Å². The zero-order valence-electron chi connectivity index (χ0n) is 9.77. The van der Waals surface area contributed by atoms with E-state index in [-0.39, 0.29) is 5.54 Å². The molecule has 1 aromatic carbocycles. The first kappa shape index (κ1) is 12.3. The molecule has 0 aliphatic heterocycles. The lowest BCUT2D eigenvalue weighted by Gasteiger charge is -2.18. The highest BCUT2D eigenvalue weighted by Gasteiger charge is 2.14. The van der Waals surface area contributed by atoms with Gasteiger partial charge in [0.05, 0.1) is 11.9 Å². The second-order valence-corrected chi connectivity index (χ2v) is 4.31. The molecule has 0 saturated carbocycles. The van der Waals surface area contributed by atoms with Crippen molar-refractivity contribution in [2.24, 2.45) is 4.99 Å². The molecule has 0 saturated heterocycles. The number of benzene rings is 1. The maximum Gasteiger partial charge on any atom is 0.182 e. The summed E-state index contributed by atoms with van der Waals surface area (Å²) in [6.07, 6.45) is 5.23. The standard InChI is InChI=1S/C13H17N3/c1-13(2,16-11-15-10-14)9-8-12-6-4-3-5-7-12/h3-7,11H,8-9H2,1-2H3,(H,15,16). The molecule has 1 aromatic rings. The minimum Gasteiger partial charge on any atom is -0.283 e. The normalized spacial score (nSPS) is 11.3. The van der Waals surface area contributed by atoms with Gasteiger partial charge in [-0.1, -0.05) is 30.3 Å². The van der Waals surface area contributed by atoms with Crippen LogP contribution in [0.3, 0.4) is 0 Å². The summed E-state index contributed by atoms with van der Waals surface area (Å²) in [6.45, 7) is 4.12. The van der Waals surface area contributed by atoms with Crippen molar-refractivity contribution in [3.8, 4) is 6.19 Å². The number of nitriles is 1. The van der Waals surface area contributed by atoms with Gasteiger partial charge in [0.1, 0.15) is 0 Å². The van der Waals surface area contributed by atoms with Crippen LogP contribution in [-0.4, -0.2) is 11.9 Å². The summed E-state index contributed by atoms with van der Waals surface area (Å²) >= 11 is 0. The fourth-order valence-electron chi connectivity index (χ4n) is 1.40. The number of nitrogens with one attached hydrogen (secondary N) is 1. The van der Waals surface area contributed by atoms with Crippen LogP contribution in [0.5, 0.6) is 0 Å². The number of rotatable bonds is 5. The third kappa shape index (κ3) is 4.61. The lowest BCUT2D eigenvalue weighted by molar-refractivity contribution is 0.481. The van der Waals surface area contributed by atoms with Gasteiger partial charge in [0, 0.05) is 0 Å². The van der Waals surface area contributed by atoms with Crippen LogP contribution in [0.4, 0.5) is 0 Å². The topological polar surface area (TPSA) is 48.2 Å². The van der Waals surface area contributed by atoms with Crippen LogP contribution in [-0.2, 0) is 6.42 Å². The van der Waals surface area contributed by atoms with Gasteiger partial charge in [0.2, 0.25) is 0 Å². The van der Waals surface area contributed by atoms with Crippen molar-refractivity contribution in [3.05, 3.63) is 35.9 Å². The van der Waals surface area contributed by atoms with Crippen molar-refractivity contribution in [1.82, 2.24) is 5.32 Å². The first-order chi connectivity index (χ1) is 7.64. The summed E-state index contributed by atoms with van der Waals surface area (Å²) in [5, 5.41) is 10.7. The van der Waals surface area contributed by atoms with Crippen LogP contribution in [0.2, 0.25) is 0 Å². The Morgan fingerprint density at radius 1 is 1.38 bits per heavy atom. The number of aliphatic imine (C=N–C) groups is 1. The monoisotopic (exact) mass is 215 g/mol. The summed E-state index contributed by atoms with van der Waals surface area (Å²) in [7, 11) is 0. The van der Waals surface area contributed by atoms with E-state index >= 15 is 0 Å². The van der Waals surface area contributed by atoms with E-state index < -0.39 is 0 Å². The Balaban J connectivity index is 2.45. The zero-order chi connectivity index (χ0) is 11.9. The van der Waals surface area contributed by atoms with Crippen LogP contribution in [0.25, 0.3) is 0 Å². The predicted octanol–water partition coefficient (Wildman–Crippen LogP) is 2.50. The van der Waals surface area contributed by atoms with E-state index in [2.05, 4.69) is 36.3 Å². The van der Waals surface area contributed by atoms with E-state index in [1.165, 1.54) is 11.9 Å². The van der Waals surface area contributed by atoms with Crippen LogP contribution in [0.15, 0.2) is 35.3 Å². The average molecular weight is 215 g/mol. The largest absolute Gasteiger partial charge is 0.283 e. The van der Waals surface area contributed by atoms with Gasteiger partial charge in [-0.2, -0.15) is 5.26 Å². The second-order valence-electron chi connectivity index (χ2n) is 4.31. The Morgan fingerprint density at radius 3 is 2.69 bits per heavy atom. The van der Waals surface area contributed by atoms with Gasteiger partial charge in [0.15, 0.2) is 6.19 Å². The summed E-state index contributed by atoms with van der Waals surface area (Å²) < 4.78 is 0. The lowest BCUT2D eigenvalue weighted by Crippen LogP contribution is -2.19. The van der Waals surface area contributed by atoms with Gasteiger partial charge in [-0.3, -0.25) is 10.3 Å². The maximum absolute atomic E-state index is 8.32. The second kappa shape index (κ2) is 5.92. The predicted molar refractivity (Wildman–Crippen MR) is 66.1 cm³/mol. The molecule has 1 rings (SSSR count). The van der Waals surface area contributed by atoms with Crippen LogP contribution in [0, 0.1) is 11.5 Å². The highest BCUT2D eigenvalue weighted by molar-refractivity contribution is 5.57. The smallest absolute Gasteiger partial charge is 0.182 e. The fraction of sp³-hybridized carbons (Fsp3) is 0.385. The van der Waals surface area contributed by atoms with Crippen LogP contribution < -0.4 is 5.32 Å². The van der Waals surface area contributed by atoms with Crippen molar-refractivity contribution >= 4 is 6.34 Å². The molecule has 3 heteroatoms. The van der Waals surface area contributed by atoms with Crippen LogP contribution >= 0.6 is 0 Å². The molecule has 0 aliphatic carbocycles. The Hall–Kier alpha value is -1.82. The molecule has 0 radical (unpaired) electrons. The summed E-state index contributed by atoms with van der Waals surface area (Å²) in [6, 6.07) is 10.3. The molecular weight excluding hydrogens is 198 g/mol. The Morgan fingerprint density at radius 2 is 2.06 bits per heavy atom. The molecule has 0 atom stereocenters. The molecule has 0 spiro atoms. The van der Waals surface area contributed by atoms with Crippen molar-refractivity contribution in [3.63, 3.8) is 0 Å². The molecular formula is C13H17N3. The SMILES string of the molecule is CC(C)(CCc1ccccc1)N=CNC#N. The van der Waals surface area contributed by atoms with Gasteiger partial charge in [0.25, 0.3) is 0 Å². The fourth-order valence-corrected chi connectivity index (χ4v) is 1.40. The molecule has 0 aliphatic rings. The van der Waals surface area contributed by atoms with Crippen molar-refractivity contribution in [2.75, 3.05) is 0 Å². The molecule has 84 valence electrons. The first-order valence-corrected chi connectivity index (χ1v) is 5.36. The molecule has 0 heterocycles. The van der Waals surface area contributed by atoms with Gasteiger partial charge < -0.3 is 0 Å². The quantitative estimate of drug-likeness (QED) is 0.355. The first-order valence-electron chi connectivity index (χ1n) is 5.36. The number of hydrogen-bond donors (Lipinski definition) is 1. The molecule has 0 unspecified atom stereocenters. The van der Waals surface area contributed by atoms with E-state index in [1.807, 2.05) is 24.4 Å². The van der Waals surface area contributed by atoms with Gasteiger partial charge in [-0.05, 0) is 32.3 Å². The van der Waals surface area contributed by atoms with Crippen LogP contribution in [0.1, 0.15) is 25.8 Å². The van der Waals surface area contributed by atoms with Gasteiger partial charge >= 0.3 is 0 Å². The van der Waals surface area contributed by atoms with Gasteiger partial charge in [-0.25, -0.2) is 0 Å². The highest BCUT2D eigenvalue weighted by Crippen LogP contribution is 2.17. The molecule has 0 amide bonds. The summed E-state index contributed by atoms with van der Waals surface area (Å²) in [5.41, 5.74) is 1.18. The lowest BCUT2D eigenvalue weighted by atomic mass is 9.96. The Bertz CT molecular complexity index is 374. The summed E-state index contributed by atoms with van der Waals surface area (Å²) in [5.74, 6) is 0. The Kier molecular flexibility index (Phi) is 4.53. The van der Waals surface area contributed by atoms with Gasteiger partial charge in [-0.15, -0.1) is 0 Å². The van der Waals surface area contributed by atoms with E-state index in [1.54, 1.807) is 0 Å². The highest BCUT2D eigenvalue weighted by atomic mass is 15.0. The average Bonchev–Trinajstić information content (AvgIpc) is 2.28. The molecule has 1 N–H and O–H groups in total. The molecule has 0 fully saturated rings. The third-order valence-corrected chi connectivity index (χ3v) is 2.41. The minimum atomic E-state index is -0.139. The van der Waals surface area contributed by atoms with Crippen molar-refractivity contribution in [2.45, 2.75) is 32.2 Å². The number of hydrogen-bond acceptors (Lipinski definition) is 2. The maximum atomic E-state index is 8.32. The van der Waals surface area contributed by atoms with E-state index in [9.17, 15) is 0 Å². The number of aryl methyl sites for hydroxylation is 1. The van der Waals surface area contributed by atoms with E-state index in [0.29, 0.717) is 0 Å². The Labute approximate surface area is 96.8 Å². The zero-order valence-corrected chi connectivity index (χ0v) is 9.77. The third-order valence-electron chi connectivity index (χ3n) is 2.41. The molecule has 0 aromatic heterocycles. The van der Waals surface area contributed by atoms with Crippen molar-refractivity contribution in [1.29, 1.82) is 5.26 Å². The molecule has 0 bridgehead atoms.